The van der Waals surface area contributed by atoms with Gasteiger partial charge in [-0.1, -0.05) is 23.7 Å². The van der Waals surface area contributed by atoms with Crippen LogP contribution in [0.1, 0.15) is 24.0 Å². The zero-order chi connectivity index (χ0) is 9.97. The Bertz CT molecular complexity index is 346. The van der Waals surface area contributed by atoms with Gasteiger partial charge in [0.05, 0.1) is 0 Å². The molecular formula is C12H13ClO. The van der Waals surface area contributed by atoms with Gasteiger partial charge in [-0.2, -0.15) is 0 Å². The van der Waals surface area contributed by atoms with Crippen molar-refractivity contribution in [3.05, 3.63) is 34.3 Å². The smallest absolute Gasteiger partial charge is 0.120 e. The first-order valence-corrected chi connectivity index (χ1v) is 5.39. The Labute approximate surface area is 89.1 Å². The minimum absolute atomic E-state index is 0.500. The molecule has 1 nitrogen and oxygen atoms in total. The van der Waals surface area contributed by atoms with Crippen LogP contribution >= 0.6 is 11.6 Å². The van der Waals surface area contributed by atoms with Crippen molar-refractivity contribution in [1.29, 1.82) is 0 Å². The molecule has 0 N–H and O–H groups in total. The first-order valence-electron chi connectivity index (χ1n) is 5.01. The van der Waals surface area contributed by atoms with Crippen molar-refractivity contribution >= 4 is 17.9 Å². The number of fused-ring (bicyclic) bond motifs is 1. The normalized spacial score (nSPS) is 20.2. The third kappa shape index (κ3) is 1.83. The Balaban J connectivity index is 2.24. The van der Waals surface area contributed by atoms with Gasteiger partial charge in [-0.25, -0.2) is 0 Å². The molecule has 1 aromatic rings. The summed E-state index contributed by atoms with van der Waals surface area (Å²) in [4.78, 5) is 10.4. The minimum Gasteiger partial charge on any atom is -0.303 e. The van der Waals surface area contributed by atoms with Gasteiger partial charge < -0.3 is 4.79 Å². The van der Waals surface area contributed by atoms with E-state index in [2.05, 4.69) is 6.07 Å². The predicted octanol–water partition coefficient (Wildman–Crippen LogP) is 3.03. The lowest BCUT2D eigenvalue weighted by atomic mass is 9.82. The van der Waals surface area contributed by atoms with Crippen LogP contribution in [0.5, 0.6) is 0 Å². The molecule has 0 heterocycles. The molecule has 0 saturated heterocycles. The van der Waals surface area contributed by atoms with Gasteiger partial charge in [0.25, 0.3) is 0 Å². The van der Waals surface area contributed by atoms with E-state index >= 15 is 0 Å². The Morgan fingerprint density at radius 1 is 1.50 bits per heavy atom. The van der Waals surface area contributed by atoms with E-state index in [9.17, 15) is 4.79 Å². The molecule has 1 atom stereocenters. The fourth-order valence-electron chi connectivity index (χ4n) is 2.15. The fraction of sp³-hybridized carbons (Fsp3) is 0.417. The van der Waals surface area contributed by atoms with Crippen LogP contribution in [-0.2, 0) is 17.6 Å². The molecule has 0 radical (unpaired) electrons. The SMILES string of the molecule is O=CCC1CCc2cccc(Cl)c2C1. The van der Waals surface area contributed by atoms with Crippen LogP contribution in [0.3, 0.4) is 0 Å². The number of halogens is 1. The molecule has 0 saturated carbocycles. The van der Waals surface area contributed by atoms with Crippen LogP contribution < -0.4 is 0 Å². The van der Waals surface area contributed by atoms with Crippen LogP contribution in [0.15, 0.2) is 18.2 Å². The van der Waals surface area contributed by atoms with Crippen LogP contribution in [0.4, 0.5) is 0 Å². The summed E-state index contributed by atoms with van der Waals surface area (Å²) >= 11 is 6.12. The number of carbonyl (C=O) groups excluding carboxylic acids is 1. The molecule has 0 aromatic heterocycles. The first kappa shape index (κ1) is 9.72. The molecule has 0 amide bonds. The summed E-state index contributed by atoms with van der Waals surface area (Å²) in [6, 6.07) is 6.07. The predicted molar refractivity (Wildman–Crippen MR) is 57.6 cm³/mol. The van der Waals surface area contributed by atoms with Crippen molar-refractivity contribution in [1.82, 2.24) is 0 Å². The van der Waals surface area contributed by atoms with Crippen molar-refractivity contribution in [3.8, 4) is 0 Å². The van der Waals surface area contributed by atoms with Crippen molar-refractivity contribution in [2.24, 2.45) is 5.92 Å². The zero-order valence-electron chi connectivity index (χ0n) is 8.00. The van der Waals surface area contributed by atoms with Crippen LogP contribution in [0, 0.1) is 5.92 Å². The van der Waals surface area contributed by atoms with E-state index in [1.54, 1.807) is 0 Å². The van der Waals surface area contributed by atoms with Crippen molar-refractivity contribution in [2.45, 2.75) is 25.7 Å². The monoisotopic (exact) mass is 208 g/mol. The first-order chi connectivity index (χ1) is 6.81. The summed E-state index contributed by atoms with van der Waals surface area (Å²) in [7, 11) is 0. The maximum atomic E-state index is 10.4. The topological polar surface area (TPSA) is 17.1 Å². The lowest BCUT2D eigenvalue weighted by molar-refractivity contribution is -0.108. The number of rotatable bonds is 2. The molecule has 1 aromatic carbocycles. The average molecular weight is 209 g/mol. The molecule has 1 unspecified atom stereocenters. The molecule has 0 aliphatic heterocycles. The van der Waals surface area contributed by atoms with Crippen LogP contribution in [0.2, 0.25) is 5.02 Å². The molecule has 0 spiro atoms. The average Bonchev–Trinajstić information content (AvgIpc) is 2.20. The van der Waals surface area contributed by atoms with Crippen molar-refractivity contribution < 1.29 is 4.79 Å². The highest BCUT2D eigenvalue weighted by molar-refractivity contribution is 6.31. The molecule has 0 bridgehead atoms. The molecule has 1 aliphatic carbocycles. The fourth-order valence-corrected chi connectivity index (χ4v) is 2.43. The molecule has 14 heavy (non-hydrogen) atoms. The van der Waals surface area contributed by atoms with Gasteiger partial charge in [0.1, 0.15) is 6.29 Å². The lowest BCUT2D eigenvalue weighted by Gasteiger charge is -2.23. The number of carbonyl (C=O) groups is 1. The Hall–Kier alpha value is -0.820. The van der Waals surface area contributed by atoms with E-state index in [-0.39, 0.29) is 0 Å². The van der Waals surface area contributed by atoms with Crippen LogP contribution in [-0.4, -0.2) is 6.29 Å². The maximum Gasteiger partial charge on any atom is 0.120 e. The van der Waals surface area contributed by atoms with Gasteiger partial charge in [-0.05, 0) is 42.4 Å². The second-order valence-corrected chi connectivity index (χ2v) is 4.30. The van der Waals surface area contributed by atoms with E-state index in [4.69, 9.17) is 11.6 Å². The van der Waals surface area contributed by atoms with Crippen LogP contribution in [0.25, 0.3) is 0 Å². The highest BCUT2D eigenvalue weighted by atomic mass is 35.5. The zero-order valence-corrected chi connectivity index (χ0v) is 8.76. The maximum absolute atomic E-state index is 10.4. The summed E-state index contributed by atoms with van der Waals surface area (Å²) in [5.41, 5.74) is 2.62. The molecule has 74 valence electrons. The molecule has 2 heteroatoms. The number of aryl methyl sites for hydroxylation is 1. The highest BCUT2D eigenvalue weighted by Crippen LogP contribution is 2.31. The summed E-state index contributed by atoms with van der Waals surface area (Å²) in [6.45, 7) is 0. The summed E-state index contributed by atoms with van der Waals surface area (Å²) in [5.74, 6) is 0.500. The second-order valence-electron chi connectivity index (χ2n) is 3.89. The van der Waals surface area contributed by atoms with Gasteiger partial charge >= 0.3 is 0 Å². The third-order valence-electron chi connectivity index (χ3n) is 2.96. The Morgan fingerprint density at radius 2 is 2.36 bits per heavy atom. The van der Waals surface area contributed by atoms with Gasteiger partial charge in [0.2, 0.25) is 0 Å². The van der Waals surface area contributed by atoms with E-state index < -0.39 is 0 Å². The van der Waals surface area contributed by atoms with Gasteiger partial charge in [-0.15, -0.1) is 0 Å². The summed E-state index contributed by atoms with van der Waals surface area (Å²) < 4.78 is 0. The Morgan fingerprint density at radius 3 is 3.14 bits per heavy atom. The van der Waals surface area contributed by atoms with Gasteiger partial charge in [0, 0.05) is 11.4 Å². The van der Waals surface area contributed by atoms with Crippen molar-refractivity contribution in [3.63, 3.8) is 0 Å². The standard InChI is InChI=1S/C12H13ClO/c13-12-3-1-2-10-5-4-9(6-7-14)8-11(10)12/h1-3,7,9H,4-6,8H2. The van der Waals surface area contributed by atoms with E-state index in [0.717, 1.165) is 30.6 Å². The van der Waals surface area contributed by atoms with E-state index in [0.29, 0.717) is 12.3 Å². The summed E-state index contributed by atoms with van der Waals surface area (Å²) in [6.07, 6.45) is 4.84. The quantitative estimate of drug-likeness (QED) is 0.683. The molecular weight excluding hydrogens is 196 g/mol. The summed E-state index contributed by atoms with van der Waals surface area (Å²) in [5, 5.41) is 0.859. The lowest BCUT2D eigenvalue weighted by Crippen LogP contribution is -2.14. The number of benzene rings is 1. The largest absolute Gasteiger partial charge is 0.303 e. The number of hydrogen-bond acceptors (Lipinski definition) is 1. The molecule has 1 aliphatic rings. The van der Waals surface area contributed by atoms with Gasteiger partial charge in [-0.3, -0.25) is 0 Å². The minimum atomic E-state index is 0.500. The van der Waals surface area contributed by atoms with E-state index in [1.807, 2.05) is 12.1 Å². The second kappa shape index (κ2) is 4.14. The number of hydrogen-bond donors (Lipinski definition) is 0. The van der Waals surface area contributed by atoms with E-state index in [1.165, 1.54) is 11.1 Å². The van der Waals surface area contributed by atoms with Gasteiger partial charge in [0.15, 0.2) is 0 Å². The number of aldehydes is 1. The molecule has 2 rings (SSSR count). The Kier molecular flexibility index (Phi) is 2.87. The van der Waals surface area contributed by atoms with Crippen molar-refractivity contribution in [2.75, 3.05) is 0 Å². The highest BCUT2D eigenvalue weighted by Gasteiger charge is 2.19. The molecule has 0 fully saturated rings. The third-order valence-corrected chi connectivity index (χ3v) is 3.31.